The van der Waals surface area contributed by atoms with E-state index in [0.717, 1.165) is 16.0 Å². The lowest BCUT2D eigenvalue weighted by atomic mass is 10.1. The lowest BCUT2D eigenvalue weighted by Crippen LogP contribution is -2.54. The third-order valence-corrected chi connectivity index (χ3v) is 7.03. The lowest BCUT2D eigenvalue weighted by molar-refractivity contribution is -0.122. The third kappa shape index (κ3) is 6.23. The van der Waals surface area contributed by atoms with Gasteiger partial charge in [0.25, 0.3) is 17.7 Å². The number of ether oxygens (including phenoxy) is 2. The summed E-state index contributed by atoms with van der Waals surface area (Å²) in [6, 6.07) is 14.1. The van der Waals surface area contributed by atoms with Crippen LogP contribution in [0.5, 0.6) is 11.5 Å². The smallest absolute Gasteiger partial charge is 0.335 e. The van der Waals surface area contributed by atoms with Gasteiger partial charge in [-0.15, -0.1) is 0 Å². The van der Waals surface area contributed by atoms with E-state index in [1.54, 1.807) is 12.1 Å². The first-order chi connectivity index (χ1) is 18.6. The number of nitrogens with one attached hydrogen (secondary N) is 2. The molecule has 2 N–H and O–H groups in total. The van der Waals surface area contributed by atoms with Crippen molar-refractivity contribution in [3.8, 4) is 11.5 Å². The highest BCUT2D eigenvalue weighted by atomic mass is 127. The number of barbiturate groups is 1. The van der Waals surface area contributed by atoms with E-state index in [9.17, 15) is 19.2 Å². The standard InChI is InChI=1S/C28H23ClIN3O6/c1-15-5-4-6-22(16(15)2)31-24(34)14-39-25-21(30)12-17(13-23(25)38-3)11-20-26(35)32-28(37)33(27(20)36)19-9-7-18(29)8-10-19/h4-13H,14H2,1-3H3,(H,31,34)(H,32,35,37)/b20-11-. The zero-order valence-corrected chi connectivity index (χ0v) is 24.0. The number of nitrogens with zero attached hydrogens (tertiary/aromatic N) is 1. The van der Waals surface area contributed by atoms with Crippen molar-refractivity contribution in [1.29, 1.82) is 0 Å². The topological polar surface area (TPSA) is 114 Å². The predicted molar refractivity (Wildman–Crippen MR) is 156 cm³/mol. The Kier molecular flexibility index (Phi) is 8.56. The molecule has 1 heterocycles. The number of anilines is 2. The second kappa shape index (κ2) is 11.9. The fourth-order valence-electron chi connectivity index (χ4n) is 3.82. The summed E-state index contributed by atoms with van der Waals surface area (Å²) in [5.74, 6) is -1.34. The average Bonchev–Trinajstić information content (AvgIpc) is 2.89. The van der Waals surface area contributed by atoms with Crippen molar-refractivity contribution >= 4 is 75.4 Å². The van der Waals surface area contributed by atoms with Crippen molar-refractivity contribution in [1.82, 2.24) is 5.32 Å². The van der Waals surface area contributed by atoms with E-state index >= 15 is 0 Å². The predicted octanol–water partition coefficient (Wildman–Crippen LogP) is 5.25. The molecule has 1 fully saturated rings. The van der Waals surface area contributed by atoms with Crippen LogP contribution < -0.4 is 25.0 Å². The molecule has 200 valence electrons. The number of carbonyl (C=O) groups is 4. The number of carbonyl (C=O) groups excluding carboxylic acids is 4. The lowest BCUT2D eigenvalue weighted by Gasteiger charge is -2.26. The van der Waals surface area contributed by atoms with E-state index in [4.69, 9.17) is 21.1 Å². The van der Waals surface area contributed by atoms with Gasteiger partial charge in [-0.25, -0.2) is 9.69 Å². The molecule has 9 nitrogen and oxygen atoms in total. The Bertz CT molecular complexity index is 1520. The molecule has 5 amide bonds. The van der Waals surface area contributed by atoms with Gasteiger partial charge in [0, 0.05) is 10.7 Å². The molecule has 0 aromatic heterocycles. The molecule has 0 radical (unpaired) electrons. The summed E-state index contributed by atoms with van der Waals surface area (Å²) in [5.41, 5.74) is 3.19. The number of hydrogen-bond donors (Lipinski definition) is 2. The van der Waals surface area contributed by atoms with Crippen LogP contribution in [-0.4, -0.2) is 37.5 Å². The zero-order valence-electron chi connectivity index (χ0n) is 21.1. The molecule has 4 rings (SSSR count). The molecule has 0 bridgehead atoms. The summed E-state index contributed by atoms with van der Waals surface area (Å²) < 4.78 is 11.8. The number of rotatable bonds is 7. The quantitative estimate of drug-likeness (QED) is 0.204. The number of benzene rings is 3. The van der Waals surface area contributed by atoms with E-state index in [1.165, 1.54) is 37.5 Å². The maximum Gasteiger partial charge on any atom is 0.335 e. The van der Waals surface area contributed by atoms with Gasteiger partial charge in [-0.2, -0.15) is 0 Å². The minimum absolute atomic E-state index is 0.246. The fourth-order valence-corrected chi connectivity index (χ4v) is 4.73. The number of urea groups is 1. The minimum Gasteiger partial charge on any atom is -0.493 e. The molecule has 0 aliphatic carbocycles. The molecule has 1 aliphatic rings. The number of amides is 5. The number of hydrogen-bond acceptors (Lipinski definition) is 6. The summed E-state index contributed by atoms with van der Waals surface area (Å²) >= 11 is 7.92. The number of imide groups is 2. The van der Waals surface area contributed by atoms with Crippen LogP contribution in [0.4, 0.5) is 16.2 Å². The molecule has 1 aliphatic heterocycles. The third-order valence-electron chi connectivity index (χ3n) is 5.98. The summed E-state index contributed by atoms with van der Waals surface area (Å²) in [7, 11) is 1.44. The van der Waals surface area contributed by atoms with Crippen molar-refractivity contribution in [3.63, 3.8) is 0 Å². The van der Waals surface area contributed by atoms with Crippen LogP contribution in [0, 0.1) is 17.4 Å². The Morgan fingerprint density at radius 1 is 1.10 bits per heavy atom. The highest BCUT2D eigenvalue weighted by Gasteiger charge is 2.36. The Morgan fingerprint density at radius 3 is 2.51 bits per heavy atom. The van der Waals surface area contributed by atoms with Crippen LogP contribution in [0.1, 0.15) is 16.7 Å². The van der Waals surface area contributed by atoms with Crippen molar-refractivity contribution in [2.45, 2.75) is 13.8 Å². The van der Waals surface area contributed by atoms with Crippen molar-refractivity contribution in [2.75, 3.05) is 23.9 Å². The second-order valence-electron chi connectivity index (χ2n) is 8.55. The van der Waals surface area contributed by atoms with E-state index in [0.29, 0.717) is 31.3 Å². The van der Waals surface area contributed by atoms with Gasteiger partial charge >= 0.3 is 6.03 Å². The normalized spacial score (nSPS) is 14.3. The molecule has 0 saturated carbocycles. The van der Waals surface area contributed by atoms with Crippen molar-refractivity contribution < 1.29 is 28.7 Å². The molecule has 39 heavy (non-hydrogen) atoms. The fraction of sp³-hybridized carbons (Fsp3) is 0.143. The monoisotopic (exact) mass is 659 g/mol. The van der Waals surface area contributed by atoms with Crippen LogP contribution >= 0.6 is 34.2 Å². The maximum absolute atomic E-state index is 13.2. The minimum atomic E-state index is -0.862. The summed E-state index contributed by atoms with van der Waals surface area (Å²) in [4.78, 5) is 51.5. The first-order valence-electron chi connectivity index (χ1n) is 11.6. The van der Waals surface area contributed by atoms with E-state index in [-0.39, 0.29) is 23.8 Å². The Hall–Kier alpha value is -3.90. The van der Waals surface area contributed by atoms with Gasteiger partial charge in [-0.05, 0) is 102 Å². The molecule has 3 aromatic rings. The average molecular weight is 660 g/mol. The van der Waals surface area contributed by atoms with Crippen LogP contribution in [-0.2, 0) is 14.4 Å². The van der Waals surface area contributed by atoms with Gasteiger partial charge < -0.3 is 14.8 Å². The highest BCUT2D eigenvalue weighted by molar-refractivity contribution is 14.1. The second-order valence-corrected chi connectivity index (χ2v) is 10.2. The largest absolute Gasteiger partial charge is 0.493 e. The van der Waals surface area contributed by atoms with Gasteiger partial charge in [0.1, 0.15) is 5.57 Å². The Labute approximate surface area is 243 Å². The molecular weight excluding hydrogens is 637 g/mol. The number of halogens is 2. The molecule has 3 aromatic carbocycles. The van der Waals surface area contributed by atoms with Crippen LogP contribution in [0.15, 0.2) is 60.2 Å². The van der Waals surface area contributed by atoms with Gasteiger partial charge in [-0.1, -0.05) is 23.7 Å². The van der Waals surface area contributed by atoms with Crippen molar-refractivity contribution in [3.05, 3.63) is 85.5 Å². The van der Waals surface area contributed by atoms with Crippen LogP contribution in [0.25, 0.3) is 6.08 Å². The SMILES string of the molecule is COc1cc(/C=C2/C(=O)NC(=O)N(c3ccc(Cl)cc3)C2=O)cc(I)c1OCC(=O)Nc1cccc(C)c1C. The van der Waals surface area contributed by atoms with Gasteiger partial charge in [-0.3, -0.25) is 19.7 Å². The highest BCUT2D eigenvalue weighted by Crippen LogP contribution is 2.35. The Morgan fingerprint density at radius 2 is 1.82 bits per heavy atom. The van der Waals surface area contributed by atoms with E-state index < -0.39 is 17.8 Å². The number of aryl methyl sites for hydroxylation is 1. The van der Waals surface area contributed by atoms with Gasteiger partial charge in [0.15, 0.2) is 18.1 Å². The molecule has 1 saturated heterocycles. The summed E-state index contributed by atoms with van der Waals surface area (Å²) in [5, 5.41) is 5.45. The van der Waals surface area contributed by atoms with Gasteiger partial charge in [0.2, 0.25) is 0 Å². The zero-order chi connectivity index (χ0) is 28.3. The summed E-state index contributed by atoms with van der Waals surface area (Å²) in [6.45, 7) is 3.62. The molecule has 0 unspecified atom stereocenters. The van der Waals surface area contributed by atoms with Gasteiger partial charge in [0.05, 0.1) is 16.4 Å². The molecule has 0 atom stereocenters. The van der Waals surface area contributed by atoms with E-state index in [2.05, 4.69) is 10.6 Å². The number of methoxy groups -OCH3 is 1. The van der Waals surface area contributed by atoms with E-state index in [1.807, 2.05) is 54.6 Å². The van der Waals surface area contributed by atoms with Crippen LogP contribution in [0.2, 0.25) is 5.02 Å². The Balaban J connectivity index is 1.55. The molecule has 0 spiro atoms. The van der Waals surface area contributed by atoms with Crippen LogP contribution in [0.3, 0.4) is 0 Å². The first-order valence-corrected chi connectivity index (χ1v) is 13.1. The first kappa shape index (κ1) is 28.1. The maximum atomic E-state index is 13.2. The van der Waals surface area contributed by atoms with Crippen molar-refractivity contribution in [2.24, 2.45) is 0 Å². The summed E-state index contributed by atoms with van der Waals surface area (Å²) in [6.07, 6.45) is 1.36. The molecular formula is C28H23ClIN3O6. The molecule has 11 heteroatoms.